The third kappa shape index (κ3) is 2.90. The quantitative estimate of drug-likeness (QED) is 0.436. The predicted octanol–water partition coefficient (Wildman–Crippen LogP) is -1.86. The summed E-state index contributed by atoms with van der Waals surface area (Å²) < 4.78 is 112. The molecule has 16 heteroatoms. The number of hydrogen-bond acceptors (Lipinski definition) is 12. The first-order chi connectivity index (χ1) is 9.96. The van der Waals surface area contributed by atoms with Crippen molar-refractivity contribution in [2.75, 3.05) is 5.94 Å². The Bertz CT molecular complexity index is 937. The van der Waals surface area contributed by atoms with E-state index in [1.165, 1.54) is 0 Å². The Labute approximate surface area is 133 Å². The minimum absolute atomic E-state index is 0.485. The molecule has 2 aliphatic rings. The summed E-state index contributed by atoms with van der Waals surface area (Å²) in [5.41, 5.74) is -2.84. The molecule has 0 aromatic rings. The minimum atomic E-state index is -5.03. The maximum Gasteiger partial charge on any atom is 0.303 e. The summed E-state index contributed by atoms with van der Waals surface area (Å²) in [4.78, 5) is -5.57. The molecule has 0 bridgehead atoms. The maximum absolute atomic E-state index is 12.1. The Hall–Kier alpha value is -0.360. The zero-order chi connectivity index (χ0) is 18.1. The van der Waals surface area contributed by atoms with Gasteiger partial charge in [-0.25, -0.2) is 16.7 Å². The van der Waals surface area contributed by atoms with E-state index >= 15 is 0 Å². The lowest BCUT2D eigenvalue weighted by Crippen LogP contribution is -2.63. The van der Waals surface area contributed by atoms with E-state index in [-0.39, 0.29) is 0 Å². The third-order valence-corrected chi connectivity index (χ3v) is 9.77. The molecule has 2 aliphatic heterocycles. The highest BCUT2D eigenvalue weighted by Crippen LogP contribution is 2.42. The zero-order valence-electron chi connectivity index (χ0n) is 11.8. The van der Waals surface area contributed by atoms with Crippen molar-refractivity contribution in [3.05, 3.63) is 0 Å². The Balaban J connectivity index is 2.68. The summed E-state index contributed by atoms with van der Waals surface area (Å²) in [5, 5.41) is 0. The molecule has 12 nitrogen and oxygen atoms in total. The number of rotatable bonds is 1. The van der Waals surface area contributed by atoms with Gasteiger partial charge in [-0.2, -0.15) is 33.7 Å². The van der Waals surface area contributed by atoms with Gasteiger partial charge in [0, 0.05) is 0 Å². The normalized spacial score (nSPS) is 40.2. The molecule has 136 valence electrons. The van der Waals surface area contributed by atoms with Crippen LogP contribution in [-0.2, 0) is 57.2 Å². The predicted molar refractivity (Wildman–Crippen MR) is 71.2 cm³/mol. The second kappa shape index (κ2) is 4.84. The van der Waals surface area contributed by atoms with Crippen molar-refractivity contribution in [3.63, 3.8) is 0 Å². The second-order valence-corrected chi connectivity index (χ2v) is 12.3. The van der Waals surface area contributed by atoms with Gasteiger partial charge in [0.05, 0.1) is 0 Å². The van der Waals surface area contributed by atoms with Crippen LogP contribution in [0.15, 0.2) is 0 Å². The van der Waals surface area contributed by atoms with Gasteiger partial charge in [0.1, 0.15) is 0 Å². The van der Waals surface area contributed by atoms with Gasteiger partial charge in [0.25, 0.3) is 25.2 Å². The second-order valence-electron chi connectivity index (χ2n) is 5.21. The molecular formula is C7H12O12S4. The molecule has 2 unspecified atom stereocenters. The lowest BCUT2D eigenvalue weighted by atomic mass is 10.4. The van der Waals surface area contributed by atoms with E-state index in [0.29, 0.717) is 6.92 Å². The van der Waals surface area contributed by atoms with Crippen molar-refractivity contribution < 1.29 is 50.4 Å². The van der Waals surface area contributed by atoms with E-state index in [1.54, 1.807) is 0 Å². The van der Waals surface area contributed by atoms with Crippen LogP contribution in [0.1, 0.15) is 20.8 Å². The molecule has 2 fully saturated rings. The van der Waals surface area contributed by atoms with Crippen LogP contribution >= 0.6 is 0 Å². The van der Waals surface area contributed by atoms with E-state index in [9.17, 15) is 33.7 Å². The lowest BCUT2D eigenvalue weighted by molar-refractivity contribution is 0.0290. The van der Waals surface area contributed by atoms with Crippen LogP contribution in [0.2, 0.25) is 0 Å². The van der Waals surface area contributed by atoms with E-state index in [1.807, 2.05) is 0 Å². The summed E-state index contributed by atoms with van der Waals surface area (Å²) >= 11 is 0. The van der Waals surface area contributed by atoms with Crippen molar-refractivity contribution in [1.29, 1.82) is 0 Å². The van der Waals surface area contributed by atoms with Crippen LogP contribution in [-0.4, -0.2) is 54.9 Å². The molecule has 2 saturated heterocycles. The van der Waals surface area contributed by atoms with Gasteiger partial charge in [0.15, 0.2) is 5.94 Å². The monoisotopic (exact) mass is 416 g/mol. The summed E-state index contributed by atoms with van der Waals surface area (Å²) in [6.07, 6.45) is 0. The summed E-state index contributed by atoms with van der Waals surface area (Å²) in [6.45, 7) is 2.18. The fraction of sp³-hybridized carbons (Fsp3) is 1.00. The average Bonchev–Trinajstić information content (AvgIpc) is 2.28. The molecule has 2 heterocycles. The molecule has 0 N–H and O–H groups in total. The SMILES string of the molecule is CC1(C)OS(=O)(=O)C(C2(C)OS(=O)(=O)COS2(=O)=O)OS1(=O)=O. The van der Waals surface area contributed by atoms with Crippen LogP contribution in [0.3, 0.4) is 0 Å². The van der Waals surface area contributed by atoms with E-state index in [2.05, 4.69) is 16.7 Å². The zero-order valence-corrected chi connectivity index (χ0v) is 15.1. The van der Waals surface area contributed by atoms with Gasteiger partial charge in [-0.3, -0.25) is 0 Å². The summed E-state index contributed by atoms with van der Waals surface area (Å²) in [5.74, 6) is -1.39. The summed E-state index contributed by atoms with van der Waals surface area (Å²) in [7, 11) is -19.4. The Morgan fingerprint density at radius 1 is 0.826 bits per heavy atom. The molecule has 0 aromatic heterocycles. The standard InChI is InChI=1S/C7H12O12S4/c1-6(2)18-21(10,11)5(17-22(6,12)13)7(3)19-20(8,9)4-16-23(7,14)15/h5H,4H2,1-3H3. The largest absolute Gasteiger partial charge is 0.303 e. The molecule has 2 atom stereocenters. The van der Waals surface area contributed by atoms with Crippen LogP contribution in [0.25, 0.3) is 0 Å². The molecule has 0 saturated carbocycles. The smallest absolute Gasteiger partial charge is 0.249 e. The molecule has 0 spiro atoms. The van der Waals surface area contributed by atoms with Crippen molar-refractivity contribution in [1.82, 2.24) is 0 Å². The molecule has 0 aromatic carbocycles. The van der Waals surface area contributed by atoms with Crippen molar-refractivity contribution in [2.45, 2.75) is 36.1 Å². The van der Waals surface area contributed by atoms with Gasteiger partial charge < -0.3 is 0 Å². The topological polar surface area (TPSA) is 173 Å². The fourth-order valence-corrected chi connectivity index (χ4v) is 8.49. The van der Waals surface area contributed by atoms with Crippen LogP contribution < -0.4 is 0 Å². The highest BCUT2D eigenvalue weighted by atomic mass is 32.3. The van der Waals surface area contributed by atoms with Gasteiger partial charge in [-0.1, -0.05) is 0 Å². The summed E-state index contributed by atoms with van der Waals surface area (Å²) in [6, 6.07) is 0. The van der Waals surface area contributed by atoms with Gasteiger partial charge in [-0.05, 0) is 20.8 Å². The average molecular weight is 416 g/mol. The Morgan fingerprint density at radius 3 is 1.87 bits per heavy atom. The van der Waals surface area contributed by atoms with Crippen LogP contribution in [0.4, 0.5) is 0 Å². The number of hydrogen-bond donors (Lipinski definition) is 0. The first-order valence-corrected chi connectivity index (χ1v) is 11.5. The fourth-order valence-electron chi connectivity index (χ4n) is 1.71. The first kappa shape index (κ1) is 19.0. The highest BCUT2D eigenvalue weighted by Gasteiger charge is 2.67. The molecule has 0 radical (unpaired) electrons. The Kier molecular flexibility index (Phi) is 3.99. The van der Waals surface area contributed by atoms with Crippen molar-refractivity contribution in [2.24, 2.45) is 0 Å². The Morgan fingerprint density at radius 2 is 1.35 bits per heavy atom. The molecule has 0 amide bonds. The first-order valence-electron chi connectivity index (χ1n) is 5.65. The third-order valence-electron chi connectivity index (χ3n) is 2.96. The highest BCUT2D eigenvalue weighted by molar-refractivity contribution is 7.96. The minimum Gasteiger partial charge on any atom is -0.249 e. The maximum atomic E-state index is 12.1. The van der Waals surface area contributed by atoms with E-state index in [4.69, 9.17) is 0 Å². The van der Waals surface area contributed by atoms with Crippen LogP contribution in [0, 0.1) is 0 Å². The molecule has 2 rings (SSSR count). The van der Waals surface area contributed by atoms with Gasteiger partial charge in [-0.15, -0.1) is 0 Å². The van der Waals surface area contributed by atoms with E-state index < -0.39 is 61.7 Å². The molecule has 0 aliphatic carbocycles. The molecule has 23 heavy (non-hydrogen) atoms. The van der Waals surface area contributed by atoms with Gasteiger partial charge >= 0.3 is 20.2 Å². The van der Waals surface area contributed by atoms with E-state index in [0.717, 1.165) is 13.8 Å². The van der Waals surface area contributed by atoms with Crippen LogP contribution in [0.5, 0.6) is 0 Å². The molecular weight excluding hydrogens is 404 g/mol. The lowest BCUT2D eigenvalue weighted by Gasteiger charge is -2.40. The van der Waals surface area contributed by atoms with Crippen molar-refractivity contribution >= 4 is 40.5 Å². The van der Waals surface area contributed by atoms with Crippen molar-refractivity contribution in [3.8, 4) is 0 Å². The van der Waals surface area contributed by atoms with Gasteiger partial charge in [0.2, 0.25) is 10.4 Å².